The summed E-state index contributed by atoms with van der Waals surface area (Å²) in [7, 11) is 0. The van der Waals surface area contributed by atoms with E-state index in [-0.39, 0.29) is 5.91 Å². The Morgan fingerprint density at radius 1 is 1.53 bits per heavy atom. The van der Waals surface area contributed by atoms with Crippen LogP contribution in [-0.2, 0) is 4.79 Å². The second-order valence-electron chi connectivity index (χ2n) is 3.50. The Morgan fingerprint density at radius 2 is 2.24 bits per heavy atom. The van der Waals surface area contributed by atoms with Crippen LogP contribution in [-0.4, -0.2) is 24.0 Å². The lowest BCUT2D eigenvalue weighted by Gasteiger charge is -2.13. The molecule has 0 aliphatic heterocycles. The van der Waals surface area contributed by atoms with Crippen LogP contribution in [0.2, 0.25) is 0 Å². The van der Waals surface area contributed by atoms with Gasteiger partial charge in [0.1, 0.15) is 0 Å². The fourth-order valence-electron chi connectivity index (χ4n) is 1.19. The van der Waals surface area contributed by atoms with Crippen LogP contribution < -0.4 is 11.1 Å². The van der Waals surface area contributed by atoms with Crippen LogP contribution in [0.25, 0.3) is 0 Å². The number of amides is 1. The van der Waals surface area contributed by atoms with Crippen molar-refractivity contribution in [2.45, 2.75) is 12.5 Å². The quantitative estimate of drug-likeness (QED) is 0.823. The molecule has 1 aromatic rings. The van der Waals surface area contributed by atoms with Crippen molar-refractivity contribution in [2.75, 3.05) is 17.3 Å². The molecule has 0 spiro atoms. The highest BCUT2D eigenvalue weighted by atomic mass is 79.9. The van der Waals surface area contributed by atoms with Gasteiger partial charge in [0.05, 0.1) is 11.7 Å². The van der Waals surface area contributed by atoms with Crippen molar-refractivity contribution in [1.82, 2.24) is 0 Å². The molecule has 3 N–H and O–H groups in total. The van der Waals surface area contributed by atoms with E-state index in [1.807, 2.05) is 24.5 Å². The number of thioether (sulfide) groups is 1. The first-order valence-electron chi connectivity index (χ1n) is 5.05. The van der Waals surface area contributed by atoms with Crippen molar-refractivity contribution < 1.29 is 4.79 Å². The summed E-state index contributed by atoms with van der Waals surface area (Å²) in [5.74, 6) is 0.728. The molecule has 1 rings (SSSR count). The number of benzene rings is 1. The van der Waals surface area contributed by atoms with Gasteiger partial charge in [0.2, 0.25) is 5.91 Å². The van der Waals surface area contributed by atoms with Crippen molar-refractivity contribution in [2.24, 2.45) is 5.73 Å². The summed E-state index contributed by atoms with van der Waals surface area (Å²) in [5.41, 5.74) is 6.51. The predicted octanol–water partition coefficient (Wildman–Crippen LogP) is 3.23. The van der Waals surface area contributed by atoms with Gasteiger partial charge in [-0.25, -0.2) is 0 Å². The lowest BCUT2D eigenvalue weighted by Crippen LogP contribution is -2.36. The van der Waals surface area contributed by atoms with Crippen molar-refractivity contribution in [3.63, 3.8) is 0 Å². The van der Waals surface area contributed by atoms with Gasteiger partial charge in [-0.3, -0.25) is 4.79 Å². The number of halogens is 2. The van der Waals surface area contributed by atoms with Crippen LogP contribution in [0, 0.1) is 0 Å². The SMILES string of the molecule is CSCC[C@H](N)C(=O)Nc1cc(Br)ccc1Br. The van der Waals surface area contributed by atoms with E-state index >= 15 is 0 Å². The number of hydrogen-bond donors (Lipinski definition) is 2. The number of anilines is 1. The highest BCUT2D eigenvalue weighted by molar-refractivity contribution is 9.11. The largest absolute Gasteiger partial charge is 0.324 e. The van der Waals surface area contributed by atoms with Gasteiger partial charge < -0.3 is 11.1 Å². The minimum Gasteiger partial charge on any atom is -0.324 e. The fraction of sp³-hybridized carbons (Fsp3) is 0.364. The molecule has 0 saturated carbocycles. The van der Waals surface area contributed by atoms with Gasteiger partial charge in [-0.15, -0.1) is 0 Å². The number of nitrogens with two attached hydrogens (primary N) is 1. The summed E-state index contributed by atoms with van der Waals surface area (Å²) in [5, 5.41) is 2.81. The Bertz CT molecular complexity index is 401. The molecule has 6 heteroatoms. The molecule has 0 unspecified atom stereocenters. The zero-order valence-corrected chi connectivity index (χ0v) is 13.4. The lowest BCUT2D eigenvalue weighted by atomic mass is 10.2. The summed E-state index contributed by atoms with van der Waals surface area (Å²) in [6, 6.07) is 5.14. The number of hydrogen-bond acceptors (Lipinski definition) is 3. The zero-order valence-electron chi connectivity index (χ0n) is 9.37. The van der Waals surface area contributed by atoms with Gasteiger partial charge in [0, 0.05) is 8.95 Å². The lowest BCUT2D eigenvalue weighted by molar-refractivity contribution is -0.117. The van der Waals surface area contributed by atoms with Crippen LogP contribution in [0.5, 0.6) is 0 Å². The van der Waals surface area contributed by atoms with E-state index in [4.69, 9.17) is 5.73 Å². The second-order valence-corrected chi connectivity index (χ2v) is 6.26. The van der Waals surface area contributed by atoms with Gasteiger partial charge in [0.25, 0.3) is 0 Å². The summed E-state index contributed by atoms with van der Waals surface area (Å²) < 4.78 is 1.75. The minimum absolute atomic E-state index is 0.155. The zero-order chi connectivity index (χ0) is 12.8. The maximum Gasteiger partial charge on any atom is 0.241 e. The number of nitrogens with one attached hydrogen (secondary N) is 1. The van der Waals surface area contributed by atoms with E-state index in [2.05, 4.69) is 37.2 Å². The number of carbonyl (C=O) groups excluding carboxylic acids is 1. The number of carbonyl (C=O) groups is 1. The Kier molecular flexibility index (Phi) is 6.54. The van der Waals surface area contributed by atoms with E-state index < -0.39 is 6.04 Å². The van der Waals surface area contributed by atoms with Gasteiger partial charge in [-0.05, 0) is 52.6 Å². The predicted molar refractivity (Wildman–Crippen MR) is 81.4 cm³/mol. The molecule has 3 nitrogen and oxygen atoms in total. The van der Waals surface area contributed by atoms with Gasteiger partial charge in [-0.2, -0.15) is 11.8 Å². The summed E-state index contributed by atoms with van der Waals surface area (Å²) in [4.78, 5) is 11.8. The van der Waals surface area contributed by atoms with Gasteiger partial charge in [-0.1, -0.05) is 15.9 Å². The Labute approximate surface area is 122 Å². The van der Waals surface area contributed by atoms with Crippen molar-refractivity contribution in [3.8, 4) is 0 Å². The van der Waals surface area contributed by atoms with Gasteiger partial charge >= 0.3 is 0 Å². The van der Waals surface area contributed by atoms with Crippen molar-refractivity contribution >= 4 is 55.2 Å². The summed E-state index contributed by atoms with van der Waals surface area (Å²) in [6.45, 7) is 0. The molecule has 0 saturated heterocycles. The number of rotatable bonds is 5. The monoisotopic (exact) mass is 380 g/mol. The van der Waals surface area contributed by atoms with Crippen LogP contribution >= 0.6 is 43.6 Å². The molecule has 0 fully saturated rings. The molecule has 0 aromatic heterocycles. The van der Waals surface area contributed by atoms with Crippen molar-refractivity contribution in [3.05, 3.63) is 27.1 Å². The van der Waals surface area contributed by atoms with Crippen molar-refractivity contribution in [1.29, 1.82) is 0 Å². The van der Waals surface area contributed by atoms with Crippen LogP contribution in [0.1, 0.15) is 6.42 Å². The molecule has 0 aliphatic carbocycles. The third-order valence-electron chi connectivity index (χ3n) is 2.16. The molecular weight excluding hydrogens is 368 g/mol. The smallest absolute Gasteiger partial charge is 0.241 e. The first-order valence-corrected chi connectivity index (χ1v) is 8.03. The molecule has 0 aliphatic rings. The van der Waals surface area contributed by atoms with E-state index in [1.54, 1.807) is 11.8 Å². The normalized spacial score (nSPS) is 12.2. The van der Waals surface area contributed by atoms with Crippen LogP contribution in [0.4, 0.5) is 5.69 Å². The molecular formula is C11H14Br2N2OS. The minimum atomic E-state index is -0.465. The maximum atomic E-state index is 11.8. The third-order valence-corrected chi connectivity index (χ3v) is 3.98. The molecule has 1 amide bonds. The summed E-state index contributed by atoms with van der Waals surface area (Å²) in [6.07, 6.45) is 2.67. The Hall–Kier alpha value is -0.0400. The fourth-order valence-corrected chi connectivity index (χ4v) is 2.39. The molecule has 0 bridgehead atoms. The Balaban J connectivity index is 2.64. The average Bonchev–Trinajstić information content (AvgIpc) is 2.30. The van der Waals surface area contributed by atoms with E-state index in [9.17, 15) is 4.79 Å². The maximum absolute atomic E-state index is 11.8. The third kappa shape index (κ3) is 4.99. The van der Waals surface area contributed by atoms with Crippen LogP contribution in [0.15, 0.2) is 27.1 Å². The molecule has 1 atom stereocenters. The van der Waals surface area contributed by atoms with E-state index in [1.165, 1.54) is 0 Å². The average molecular weight is 382 g/mol. The van der Waals surface area contributed by atoms with Crippen LogP contribution in [0.3, 0.4) is 0 Å². The molecule has 0 heterocycles. The first kappa shape index (κ1) is 15.0. The first-order chi connectivity index (χ1) is 8.04. The van der Waals surface area contributed by atoms with E-state index in [0.29, 0.717) is 6.42 Å². The molecule has 1 aromatic carbocycles. The standard InChI is InChI=1S/C11H14Br2N2OS/c1-17-5-4-9(14)11(16)15-10-6-7(12)2-3-8(10)13/h2-3,6,9H,4-5,14H2,1H3,(H,15,16)/t9-/m0/s1. The van der Waals surface area contributed by atoms with E-state index in [0.717, 1.165) is 20.4 Å². The molecule has 94 valence electrons. The molecule has 17 heavy (non-hydrogen) atoms. The highest BCUT2D eigenvalue weighted by Gasteiger charge is 2.14. The topological polar surface area (TPSA) is 55.1 Å². The second kappa shape index (κ2) is 7.41. The Morgan fingerprint density at radius 3 is 2.88 bits per heavy atom. The van der Waals surface area contributed by atoms with Gasteiger partial charge in [0.15, 0.2) is 0 Å². The summed E-state index contributed by atoms with van der Waals surface area (Å²) >= 11 is 8.42. The molecule has 0 radical (unpaired) electrons. The highest BCUT2D eigenvalue weighted by Crippen LogP contribution is 2.26.